The molecule has 3 atom stereocenters. The van der Waals surface area contributed by atoms with Gasteiger partial charge in [-0.25, -0.2) is 0 Å². The zero-order valence-electron chi connectivity index (χ0n) is 10.5. The Morgan fingerprint density at radius 1 is 1.12 bits per heavy atom. The van der Waals surface area contributed by atoms with Gasteiger partial charge in [0.15, 0.2) is 0 Å². The summed E-state index contributed by atoms with van der Waals surface area (Å²) >= 11 is 0. The lowest BCUT2D eigenvalue weighted by Crippen LogP contribution is -2.19. The standard InChI is InChI=1S/C17H20/c1-13-16-9-4-2-3-7-14(16)11-12-15-8-5-6-10-17(13)15/h2,4-10,13,15,17H,3,11-12H2,1H3. The van der Waals surface area contributed by atoms with Crippen LogP contribution in [-0.4, -0.2) is 0 Å². The van der Waals surface area contributed by atoms with Gasteiger partial charge in [0.25, 0.3) is 0 Å². The molecule has 0 nitrogen and oxygen atoms in total. The van der Waals surface area contributed by atoms with Crippen LogP contribution in [-0.2, 0) is 0 Å². The third-order valence-corrected chi connectivity index (χ3v) is 4.40. The maximum absolute atomic E-state index is 2.43. The summed E-state index contributed by atoms with van der Waals surface area (Å²) in [6.45, 7) is 2.39. The van der Waals surface area contributed by atoms with Gasteiger partial charge >= 0.3 is 0 Å². The van der Waals surface area contributed by atoms with Gasteiger partial charge in [0.1, 0.15) is 0 Å². The van der Waals surface area contributed by atoms with Gasteiger partial charge in [0.2, 0.25) is 0 Å². The van der Waals surface area contributed by atoms with Gasteiger partial charge in [-0.1, -0.05) is 55.5 Å². The van der Waals surface area contributed by atoms with Crippen molar-refractivity contribution in [3.63, 3.8) is 0 Å². The van der Waals surface area contributed by atoms with Gasteiger partial charge in [-0.3, -0.25) is 0 Å². The summed E-state index contributed by atoms with van der Waals surface area (Å²) in [5.74, 6) is 2.09. The Morgan fingerprint density at radius 3 is 2.94 bits per heavy atom. The van der Waals surface area contributed by atoms with E-state index in [4.69, 9.17) is 0 Å². The van der Waals surface area contributed by atoms with Crippen LogP contribution in [0.25, 0.3) is 0 Å². The summed E-state index contributed by atoms with van der Waals surface area (Å²) < 4.78 is 0. The van der Waals surface area contributed by atoms with Gasteiger partial charge in [-0.2, -0.15) is 0 Å². The Hall–Kier alpha value is -1.30. The number of rotatable bonds is 0. The fraction of sp³-hybridized carbons (Fsp3) is 0.412. The van der Waals surface area contributed by atoms with E-state index in [9.17, 15) is 0 Å². The smallest absolute Gasteiger partial charge is 0.0101 e. The molecule has 0 bridgehead atoms. The van der Waals surface area contributed by atoms with Crippen LogP contribution in [0.1, 0.15) is 26.2 Å². The average molecular weight is 224 g/mol. The first-order valence-electron chi connectivity index (χ1n) is 6.77. The summed E-state index contributed by atoms with van der Waals surface area (Å²) in [5, 5.41) is 0. The molecule has 0 aromatic heterocycles. The fourth-order valence-corrected chi connectivity index (χ4v) is 3.40. The van der Waals surface area contributed by atoms with E-state index in [0.717, 1.165) is 12.3 Å². The molecule has 3 aliphatic carbocycles. The average Bonchev–Trinajstić information content (AvgIpc) is 2.66. The topological polar surface area (TPSA) is 0 Å². The Kier molecular flexibility index (Phi) is 2.88. The molecule has 1 fully saturated rings. The molecule has 0 amide bonds. The quantitative estimate of drug-likeness (QED) is 0.564. The summed E-state index contributed by atoms with van der Waals surface area (Å²) in [6.07, 6.45) is 22.2. The molecule has 0 aromatic rings. The molecular weight excluding hydrogens is 204 g/mol. The van der Waals surface area contributed by atoms with E-state index in [1.165, 1.54) is 12.8 Å². The van der Waals surface area contributed by atoms with Gasteiger partial charge in [-0.15, -0.1) is 0 Å². The van der Waals surface area contributed by atoms with Crippen LogP contribution in [0.3, 0.4) is 0 Å². The lowest BCUT2D eigenvalue weighted by Gasteiger charge is -2.27. The maximum Gasteiger partial charge on any atom is -0.0101 e. The maximum atomic E-state index is 2.43. The van der Waals surface area contributed by atoms with Crippen LogP contribution < -0.4 is 0 Å². The van der Waals surface area contributed by atoms with Crippen molar-refractivity contribution in [1.82, 2.24) is 0 Å². The van der Waals surface area contributed by atoms with Crippen LogP contribution in [0.15, 0.2) is 59.8 Å². The van der Waals surface area contributed by atoms with E-state index in [-0.39, 0.29) is 0 Å². The summed E-state index contributed by atoms with van der Waals surface area (Å²) in [7, 11) is 0. The first kappa shape index (κ1) is 10.8. The first-order chi connectivity index (χ1) is 8.36. The lowest BCUT2D eigenvalue weighted by molar-refractivity contribution is 0.380. The van der Waals surface area contributed by atoms with Gasteiger partial charge < -0.3 is 0 Å². The molecule has 0 aliphatic heterocycles. The van der Waals surface area contributed by atoms with Crippen molar-refractivity contribution in [2.75, 3.05) is 0 Å². The zero-order valence-corrected chi connectivity index (χ0v) is 10.5. The van der Waals surface area contributed by atoms with Gasteiger partial charge in [-0.05, 0) is 48.2 Å². The van der Waals surface area contributed by atoms with Crippen LogP contribution in [0.4, 0.5) is 0 Å². The summed E-state index contributed by atoms with van der Waals surface area (Å²) in [6, 6.07) is 0. The van der Waals surface area contributed by atoms with Gasteiger partial charge in [0.05, 0.1) is 0 Å². The summed E-state index contributed by atoms with van der Waals surface area (Å²) in [4.78, 5) is 0. The predicted octanol–water partition coefficient (Wildman–Crippen LogP) is 4.59. The molecule has 17 heavy (non-hydrogen) atoms. The van der Waals surface area contributed by atoms with Crippen molar-refractivity contribution in [1.29, 1.82) is 0 Å². The normalized spacial score (nSPS) is 35.2. The number of hydrogen-bond acceptors (Lipinski definition) is 0. The van der Waals surface area contributed by atoms with Crippen molar-refractivity contribution in [3.8, 4) is 0 Å². The highest BCUT2D eigenvalue weighted by molar-refractivity contribution is 5.41. The van der Waals surface area contributed by atoms with Gasteiger partial charge in [0, 0.05) is 0 Å². The third kappa shape index (κ3) is 1.97. The predicted molar refractivity (Wildman–Crippen MR) is 73.6 cm³/mol. The molecule has 3 aliphatic rings. The molecule has 0 radical (unpaired) electrons. The van der Waals surface area contributed by atoms with Crippen LogP contribution in [0, 0.1) is 17.8 Å². The summed E-state index contributed by atoms with van der Waals surface area (Å²) in [5.41, 5.74) is 3.17. The van der Waals surface area contributed by atoms with E-state index in [0.29, 0.717) is 11.8 Å². The van der Waals surface area contributed by atoms with E-state index in [1.807, 2.05) is 0 Å². The highest BCUT2D eigenvalue weighted by Crippen LogP contribution is 2.42. The molecule has 3 rings (SSSR count). The second-order valence-corrected chi connectivity index (χ2v) is 5.35. The monoisotopic (exact) mass is 224 g/mol. The Bertz CT molecular complexity index is 443. The minimum absolute atomic E-state index is 0.651. The van der Waals surface area contributed by atoms with Crippen LogP contribution in [0.2, 0.25) is 0 Å². The van der Waals surface area contributed by atoms with E-state index < -0.39 is 0 Å². The molecule has 0 N–H and O–H groups in total. The molecule has 0 saturated heterocycles. The van der Waals surface area contributed by atoms with Crippen LogP contribution in [0.5, 0.6) is 0 Å². The first-order valence-corrected chi connectivity index (χ1v) is 6.77. The molecule has 1 saturated carbocycles. The molecular formula is C17H20. The van der Waals surface area contributed by atoms with Crippen molar-refractivity contribution in [3.05, 3.63) is 59.8 Å². The van der Waals surface area contributed by atoms with E-state index in [1.54, 1.807) is 11.1 Å². The van der Waals surface area contributed by atoms with Crippen molar-refractivity contribution in [2.45, 2.75) is 26.2 Å². The second-order valence-electron chi connectivity index (χ2n) is 5.35. The highest BCUT2D eigenvalue weighted by Gasteiger charge is 2.31. The number of fused-ring (bicyclic) bond motifs is 2. The zero-order chi connectivity index (χ0) is 11.7. The minimum Gasteiger partial charge on any atom is -0.0808 e. The third-order valence-electron chi connectivity index (χ3n) is 4.40. The van der Waals surface area contributed by atoms with Crippen molar-refractivity contribution in [2.24, 2.45) is 17.8 Å². The van der Waals surface area contributed by atoms with E-state index in [2.05, 4.69) is 55.5 Å². The van der Waals surface area contributed by atoms with Crippen molar-refractivity contribution < 1.29 is 0 Å². The second kappa shape index (κ2) is 4.52. The largest absolute Gasteiger partial charge is 0.0808 e. The van der Waals surface area contributed by atoms with Crippen molar-refractivity contribution >= 4 is 0 Å². The number of hydrogen-bond donors (Lipinski definition) is 0. The molecule has 3 unspecified atom stereocenters. The highest BCUT2D eigenvalue weighted by atomic mass is 14.3. The lowest BCUT2D eigenvalue weighted by atomic mass is 9.77. The van der Waals surface area contributed by atoms with E-state index >= 15 is 0 Å². The fourth-order valence-electron chi connectivity index (χ4n) is 3.40. The van der Waals surface area contributed by atoms with Crippen LogP contribution >= 0.6 is 0 Å². The SMILES string of the molecule is CC1C2=CC=CCC=C2CCC2C=CC=CC21. The Morgan fingerprint density at radius 2 is 2.00 bits per heavy atom. The molecule has 0 spiro atoms. The molecule has 0 heterocycles. The molecule has 88 valence electrons. The number of allylic oxidation sites excluding steroid dienone is 10. The Balaban J connectivity index is 1.99. The molecule has 0 heteroatoms. The molecule has 0 aromatic carbocycles. The minimum atomic E-state index is 0.651. The Labute approximate surface area is 104 Å².